The fourth-order valence-electron chi connectivity index (χ4n) is 2.56. The van der Waals surface area contributed by atoms with E-state index < -0.39 is 4.92 Å². The predicted molar refractivity (Wildman–Crippen MR) is 78.5 cm³/mol. The molecule has 0 N–H and O–H groups in total. The summed E-state index contributed by atoms with van der Waals surface area (Å²) in [5.74, 6) is 0.468. The van der Waals surface area contributed by atoms with Crippen LogP contribution >= 0.6 is 0 Å². The van der Waals surface area contributed by atoms with Crippen molar-refractivity contribution in [1.82, 2.24) is 4.90 Å². The summed E-state index contributed by atoms with van der Waals surface area (Å²) in [5.41, 5.74) is 0.343. The standard InChI is InChI=1S/C15H20N2O4/c1-16(10-12-5-7-21-8-6-12)11-15(18)13-3-2-4-14(9-13)17(19)20/h2-4,9,12H,5-8,10-11H2,1H3. The molecule has 0 atom stereocenters. The lowest BCUT2D eigenvalue weighted by Crippen LogP contribution is -2.33. The number of nitro benzene ring substituents is 1. The van der Waals surface area contributed by atoms with Gasteiger partial charge in [0.1, 0.15) is 0 Å². The highest BCUT2D eigenvalue weighted by molar-refractivity contribution is 5.98. The van der Waals surface area contributed by atoms with Crippen molar-refractivity contribution in [1.29, 1.82) is 0 Å². The van der Waals surface area contributed by atoms with Gasteiger partial charge < -0.3 is 4.74 Å². The van der Waals surface area contributed by atoms with Crippen LogP contribution in [-0.2, 0) is 4.74 Å². The number of carbonyl (C=O) groups is 1. The van der Waals surface area contributed by atoms with Crippen molar-refractivity contribution in [3.63, 3.8) is 0 Å². The molecule has 1 aromatic rings. The van der Waals surface area contributed by atoms with Crippen LogP contribution in [0.1, 0.15) is 23.2 Å². The Morgan fingerprint density at radius 2 is 2.14 bits per heavy atom. The van der Waals surface area contributed by atoms with Gasteiger partial charge in [0.2, 0.25) is 0 Å². The van der Waals surface area contributed by atoms with Gasteiger partial charge in [-0.05, 0) is 25.8 Å². The maximum absolute atomic E-state index is 12.2. The molecule has 1 aliphatic rings. The number of hydrogen-bond acceptors (Lipinski definition) is 5. The Bertz CT molecular complexity index is 512. The van der Waals surface area contributed by atoms with Gasteiger partial charge in [0, 0.05) is 37.5 Å². The minimum Gasteiger partial charge on any atom is -0.381 e. The molecule has 1 aliphatic heterocycles. The van der Waals surface area contributed by atoms with Crippen LogP contribution in [0.2, 0.25) is 0 Å². The van der Waals surface area contributed by atoms with Crippen LogP contribution in [0.3, 0.4) is 0 Å². The van der Waals surface area contributed by atoms with Crippen molar-refractivity contribution < 1.29 is 14.5 Å². The highest BCUT2D eigenvalue weighted by Crippen LogP contribution is 2.17. The van der Waals surface area contributed by atoms with Crippen LogP contribution in [0.4, 0.5) is 5.69 Å². The van der Waals surface area contributed by atoms with E-state index in [9.17, 15) is 14.9 Å². The van der Waals surface area contributed by atoms with Gasteiger partial charge in [-0.3, -0.25) is 19.8 Å². The minimum absolute atomic E-state index is 0.0482. The Hall–Kier alpha value is -1.79. The molecular formula is C15H20N2O4. The molecule has 0 radical (unpaired) electrons. The highest BCUT2D eigenvalue weighted by Gasteiger charge is 2.18. The first kappa shape index (κ1) is 15.6. The number of likely N-dealkylation sites (N-methyl/N-ethyl adjacent to an activating group) is 1. The van der Waals surface area contributed by atoms with Crippen LogP contribution in [0.5, 0.6) is 0 Å². The predicted octanol–water partition coefficient (Wildman–Crippen LogP) is 2.14. The van der Waals surface area contributed by atoms with Crippen LogP contribution in [0.15, 0.2) is 24.3 Å². The summed E-state index contributed by atoms with van der Waals surface area (Å²) in [7, 11) is 1.91. The number of rotatable bonds is 6. The van der Waals surface area contributed by atoms with Gasteiger partial charge in [0.25, 0.3) is 5.69 Å². The molecule has 0 bridgehead atoms. The van der Waals surface area contributed by atoms with Crippen molar-refractivity contribution in [3.05, 3.63) is 39.9 Å². The number of nitro groups is 1. The van der Waals surface area contributed by atoms with Gasteiger partial charge in [-0.15, -0.1) is 0 Å². The van der Waals surface area contributed by atoms with Gasteiger partial charge in [0.05, 0.1) is 11.5 Å². The first-order valence-electron chi connectivity index (χ1n) is 7.10. The second-order valence-electron chi connectivity index (χ2n) is 5.48. The fraction of sp³-hybridized carbons (Fsp3) is 0.533. The van der Waals surface area contributed by atoms with Crippen LogP contribution in [0.25, 0.3) is 0 Å². The lowest BCUT2D eigenvalue weighted by atomic mass is 9.99. The lowest BCUT2D eigenvalue weighted by molar-refractivity contribution is -0.384. The second kappa shape index (κ2) is 7.28. The van der Waals surface area contributed by atoms with Crippen molar-refractivity contribution in [2.24, 2.45) is 5.92 Å². The number of benzene rings is 1. The number of non-ortho nitro benzene ring substituents is 1. The van der Waals surface area contributed by atoms with Gasteiger partial charge in [-0.1, -0.05) is 12.1 Å². The first-order chi connectivity index (χ1) is 10.1. The fourth-order valence-corrected chi connectivity index (χ4v) is 2.56. The molecular weight excluding hydrogens is 272 g/mol. The second-order valence-corrected chi connectivity index (χ2v) is 5.48. The topological polar surface area (TPSA) is 72.7 Å². The number of carbonyl (C=O) groups excluding carboxylic acids is 1. The molecule has 1 aromatic carbocycles. The third-order valence-electron chi connectivity index (χ3n) is 3.70. The van der Waals surface area contributed by atoms with E-state index in [-0.39, 0.29) is 18.0 Å². The van der Waals surface area contributed by atoms with E-state index in [0.29, 0.717) is 11.5 Å². The Morgan fingerprint density at radius 3 is 2.81 bits per heavy atom. The van der Waals surface area contributed by atoms with Crippen molar-refractivity contribution in [2.75, 3.05) is 33.4 Å². The zero-order valence-corrected chi connectivity index (χ0v) is 12.2. The first-order valence-corrected chi connectivity index (χ1v) is 7.10. The molecule has 0 amide bonds. The summed E-state index contributed by atoms with van der Waals surface area (Å²) in [5, 5.41) is 10.7. The quantitative estimate of drug-likeness (QED) is 0.456. The van der Waals surface area contributed by atoms with E-state index in [0.717, 1.165) is 32.6 Å². The summed E-state index contributed by atoms with van der Waals surface area (Å²) < 4.78 is 5.32. The van der Waals surface area contributed by atoms with Gasteiger partial charge >= 0.3 is 0 Å². The Kier molecular flexibility index (Phi) is 5.41. The van der Waals surface area contributed by atoms with E-state index in [1.54, 1.807) is 12.1 Å². The number of hydrogen-bond donors (Lipinski definition) is 0. The molecule has 1 fully saturated rings. The van der Waals surface area contributed by atoms with E-state index in [2.05, 4.69) is 0 Å². The molecule has 0 spiro atoms. The van der Waals surface area contributed by atoms with E-state index >= 15 is 0 Å². The molecule has 0 unspecified atom stereocenters. The zero-order chi connectivity index (χ0) is 15.2. The summed E-state index contributed by atoms with van der Waals surface area (Å²) >= 11 is 0. The van der Waals surface area contributed by atoms with Crippen molar-refractivity contribution in [3.8, 4) is 0 Å². The van der Waals surface area contributed by atoms with E-state index in [1.807, 2.05) is 11.9 Å². The summed E-state index contributed by atoms with van der Waals surface area (Å²) in [6, 6.07) is 5.90. The van der Waals surface area contributed by atoms with E-state index in [1.165, 1.54) is 12.1 Å². The SMILES string of the molecule is CN(CC(=O)c1cccc([N+](=O)[O-])c1)CC1CCOCC1. The monoisotopic (exact) mass is 292 g/mol. The third-order valence-corrected chi connectivity index (χ3v) is 3.70. The van der Waals surface area contributed by atoms with Crippen molar-refractivity contribution in [2.45, 2.75) is 12.8 Å². The van der Waals surface area contributed by atoms with Gasteiger partial charge in [-0.25, -0.2) is 0 Å². The summed E-state index contributed by atoms with van der Waals surface area (Å²) in [4.78, 5) is 24.4. The zero-order valence-electron chi connectivity index (χ0n) is 12.2. The average Bonchev–Trinajstić information content (AvgIpc) is 2.48. The highest BCUT2D eigenvalue weighted by atomic mass is 16.6. The smallest absolute Gasteiger partial charge is 0.270 e. The average molecular weight is 292 g/mol. The third kappa shape index (κ3) is 4.61. The number of nitrogens with zero attached hydrogens (tertiary/aromatic N) is 2. The number of ether oxygens (including phenoxy) is 1. The van der Waals surface area contributed by atoms with Gasteiger partial charge in [-0.2, -0.15) is 0 Å². The summed E-state index contributed by atoms with van der Waals surface area (Å²) in [6.07, 6.45) is 2.05. The minimum atomic E-state index is -0.484. The molecule has 6 nitrogen and oxygen atoms in total. The molecule has 0 aliphatic carbocycles. The van der Waals surface area contributed by atoms with Gasteiger partial charge in [0.15, 0.2) is 5.78 Å². The van der Waals surface area contributed by atoms with E-state index in [4.69, 9.17) is 4.74 Å². The normalized spacial score (nSPS) is 16.1. The molecule has 1 heterocycles. The largest absolute Gasteiger partial charge is 0.381 e. The molecule has 1 saturated heterocycles. The molecule has 0 saturated carbocycles. The van der Waals surface area contributed by atoms with Crippen LogP contribution in [0, 0.1) is 16.0 Å². The molecule has 114 valence electrons. The molecule has 2 rings (SSSR count). The Labute approximate surface area is 123 Å². The number of Topliss-reactive ketones (excluding diaryl/α,β-unsaturated/α-hetero) is 1. The Morgan fingerprint density at radius 1 is 1.43 bits per heavy atom. The van der Waals surface area contributed by atoms with Crippen molar-refractivity contribution >= 4 is 11.5 Å². The number of ketones is 1. The molecule has 0 aromatic heterocycles. The molecule has 6 heteroatoms. The summed E-state index contributed by atoms with van der Waals surface area (Å²) in [6.45, 7) is 2.71. The maximum Gasteiger partial charge on any atom is 0.270 e. The lowest BCUT2D eigenvalue weighted by Gasteiger charge is -2.26. The van der Waals surface area contributed by atoms with Crippen LogP contribution in [-0.4, -0.2) is 49.0 Å². The van der Waals surface area contributed by atoms with Crippen LogP contribution < -0.4 is 0 Å². The molecule has 21 heavy (non-hydrogen) atoms. The Balaban J connectivity index is 1.90. The maximum atomic E-state index is 12.2.